The highest BCUT2D eigenvalue weighted by Crippen LogP contribution is 2.51. The maximum atomic E-state index is 14.0. The molecular weight excluding hydrogens is 391 g/mol. The third-order valence-corrected chi connectivity index (χ3v) is 7.22. The molecule has 2 rings (SSSR count). The van der Waals surface area contributed by atoms with Gasteiger partial charge >= 0.3 is 5.97 Å². The fraction of sp³-hybridized carbons (Fsp3) is 0.364. The van der Waals surface area contributed by atoms with Gasteiger partial charge in [0, 0.05) is 11.5 Å². The van der Waals surface area contributed by atoms with Gasteiger partial charge in [-0.25, -0.2) is 0 Å². The van der Waals surface area contributed by atoms with E-state index in [-0.39, 0.29) is 42.2 Å². The van der Waals surface area contributed by atoms with Gasteiger partial charge in [0.2, 0.25) is 5.52 Å². The van der Waals surface area contributed by atoms with Crippen molar-refractivity contribution in [3.63, 3.8) is 0 Å². The van der Waals surface area contributed by atoms with E-state index in [9.17, 15) is 14.2 Å². The zero-order valence-corrected chi connectivity index (χ0v) is 18.1. The second kappa shape index (κ2) is 10.3. The lowest BCUT2D eigenvalue weighted by atomic mass is 10.2. The Morgan fingerprint density at radius 3 is 2.03 bits per heavy atom. The van der Waals surface area contributed by atoms with E-state index in [1.807, 2.05) is 13.8 Å². The van der Waals surface area contributed by atoms with Crippen LogP contribution >= 0.6 is 7.14 Å². The molecule has 0 heterocycles. The number of rotatable bonds is 10. The number of esters is 1. The molecule has 0 spiro atoms. The molecule has 156 valence electrons. The Kier molecular flexibility index (Phi) is 8.03. The van der Waals surface area contributed by atoms with Crippen LogP contribution < -0.4 is 14.8 Å². The monoisotopic (exact) mass is 418 g/mol. The third kappa shape index (κ3) is 5.48. The van der Waals surface area contributed by atoms with Crippen molar-refractivity contribution in [3.8, 4) is 11.5 Å². The van der Waals surface area contributed by atoms with Crippen LogP contribution in [0.15, 0.2) is 48.5 Å². The summed E-state index contributed by atoms with van der Waals surface area (Å²) in [4.78, 5) is 25.7. The van der Waals surface area contributed by atoms with E-state index in [1.54, 1.807) is 48.5 Å². The third-order valence-electron chi connectivity index (χ3n) is 4.35. The Labute approximate surface area is 171 Å². The Bertz CT molecular complexity index is 869. The smallest absolute Gasteiger partial charge is 0.306 e. The van der Waals surface area contributed by atoms with Crippen molar-refractivity contribution in [1.82, 2.24) is 0 Å². The summed E-state index contributed by atoms with van der Waals surface area (Å²) >= 11 is 0. The van der Waals surface area contributed by atoms with Crippen molar-refractivity contribution >= 4 is 23.9 Å². The number of hydrogen-bond donors (Lipinski definition) is 0. The van der Waals surface area contributed by atoms with Gasteiger partial charge in [0.15, 0.2) is 7.14 Å². The summed E-state index contributed by atoms with van der Waals surface area (Å²) in [6, 6.07) is 13.4. The first kappa shape index (κ1) is 22.7. The molecule has 0 amide bonds. The molecule has 0 bridgehead atoms. The fourth-order valence-electron chi connectivity index (χ4n) is 2.84. The van der Waals surface area contributed by atoms with E-state index < -0.39 is 18.6 Å². The van der Waals surface area contributed by atoms with Crippen LogP contribution in [0, 0.1) is 5.92 Å². The molecule has 0 saturated heterocycles. The van der Waals surface area contributed by atoms with Gasteiger partial charge in [-0.15, -0.1) is 0 Å². The Morgan fingerprint density at radius 1 is 0.931 bits per heavy atom. The van der Waals surface area contributed by atoms with E-state index in [0.29, 0.717) is 5.30 Å². The van der Waals surface area contributed by atoms with E-state index in [1.165, 1.54) is 14.2 Å². The number of carbonyl (C=O) groups is 2. The highest BCUT2D eigenvalue weighted by atomic mass is 31.2. The predicted octanol–water partition coefficient (Wildman–Crippen LogP) is 4.12. The van der Waals surface area contributed by atoms with Crippen LogP contribution in [0.5, 0.6) is 11.5 Å². The predicted molar refractivity (Wildman–Crippen MR) is 113 cm³/mol. The molecule has 0 aliphatic heterocycles. The Balaban J connectivity index is 2.43. The van der Waals surface area contributed by atoms with Crippen LogP contribution in [0.3, 0.4) is 0 Å². The quantitative estimate of drug-likeness (QED) is 0.427. The van der Waals surface area contributed by atoms with Crippen molar-refractivity contribution in [2.45, 2.75) is 20.3 Å². The molecule has 7 heteroatoms. The maximum Gasteiger partial charge on any atom is 0.306 e. The van der Waals surface area contributed by atoms with Crippen molar-refractivity contribution in [2.24, 2.45) is 5.92 Å². The molecule has 1 unspecified atom stereocenters. The largest absolute Gasteiger partial charge is 0.496 e. The number of ether oxygens (including phenoxy) is 3. The van der Waals surface area contributed by atoms with Crippen LogP contribution in [0.2, 0.25) is 0 Å². The van der Waals surface area contributed by atoms with Crippen LogP contribution in [0.1, 0.15) is 30.6 Å². The molecular formula is C22H27O6P. The van der Waals surface area contributed by atoms with Gasteiger partial charge in [0.05, 0.1) is 27.2 Å². The molecule has 29 heavy (non-hydrogen) atoms. The number of benzene rings is 2. The molecule has 0 aliphatic carbocycles. The second-order valence-electron chi connectivity index (χ2n) is 6.97. The summed E-state index contributed by atoms with van der Waals surface area (Å²) in [6.07, 6.45) is -0.254. The summed E-state index contributed by atoms with van der Waals surface area (Å²) in [5.74, 6) is 0.259. The molecule has 2 aromatic rings. The first-order valence-corrected chi connectivity index (χ1v) is 11.3. The molecule has 0 fully saturated rings. The van der Waals surface area contributed by atoms with Crippen molar-refractivity contribution in [1.29, 1.82) is 0 Å². The van der Waals surface area contributed by atoms with E-state index >= 15 is 0 Å². The molecule has 0 saturated carbocycles. The first-order valence-electron chi connectivity index (χ1n) is 9.39. The topological polar surface area (TPSA) is 78.9 Å². The van der Waals surface area contributed by atoms with Gasteiger partial charge in [-0.05, 0) is 18.1 Å². The van der Waals surface area contributed by atoms with Gasteiger partial charge in [-0.3, -0.25) is 9.59 Å². The van der Waals surface area contributed by atoms with Crippen LogP contribution in [-0.2, 0) is 14.1 Å². The second-order valence-corrected chi connectivity index (χ2v) is 9.82. The summed E-state index contributed by atoms with van der Waals surface area (Å²) in [7, 11) is -0.800. The zero-order chi connectivity index (χ0) is 21.4. The summed E-state index contributed by atoms with van der Waals surface area (Å²) in [6.45, 7) is 4.14. The maximum absolute atomic E-state index is 14.0. The van der Waals surface area contributed by atoms with Gasteiger partial charge in [0.25, 0.3) is 0 Å². The van der Waals surface area contributed by atoms with E-state index in [2.05, 4.69) is 0 Å². The highest BCUT2D eigenvalue weighted by Gasteiger charge is 2.38. The van der Waals surface area contributed by atoms with Crippen LogP contribution in [-0.4, -0.2) is 38.5 Å². The zero-order valence-electron chi connectivity index (χ0n) is 17.2. The average molecular weight is 418 g/mol. The molecule has 0 aliphatic rings. The van der Waals surface area contributed by atoms with E-state index in [4.69, 9.17) is 14.2 Å². The summed E-state index contributed by atoms with van der Waals surface area (Å²) < 4.78 is 29.8. The summed E-state index contributed by atoms with van der Waals surface area (Å²) in [5, 5.41) is 0.384. The normalized spacial score (nSPS) is 12.9. The SMILES string of the molecule is COc1cccc(OC)c1C(=O)P(=O)(CCC(=O)OCC(C)C)c1ccccc1. The van der Waals surface area contributed by atoms with Gasteiger partial charge in [-0.2, -0.15) is 0 Å². The highest BCUT2D eigenvalue weighted by molar-refractivity contribution is 7.87. The Hall–Kier alpha value is -2.59. The van der Waals surface area contributed by atoms with Crippen LogP contribution in [0.25, 0.3) is 0 Å². The standard InChI is InChI=1S/C22H27O6P/c1-16(2)15-28-20(23)13-14-29(25,17-9-6-5-7-10-17)22(24)21-18(26-3)11-8-12-19(21)27-4/h5-12,16H,13-15H2,1-4H3. The van der Waals surface area contributed by atoms with Gasteiger partial charge in [0.1, 0.15) is 17.1 Å². The van der Waals surface area contributed by atoms with Crippen molar-refractivity contribution in [3.05, 3.63) is 54.1 Å². The van der Waals surface area contributed by atoms with Crippen LogP contribution in [0.4, 0.5) is 0 Å². The number of hydrogen-bond acceptors (Lipinski definition) is 6. The molecule has 2 aromatic carbocycles. The molecule has 1 atom stereocenters. The average Bonchev–Trinajstić information content (AvgIpc) is 2.75. The minimum absolute atomic E-state index is 0.111. The lowest BCUT2D eigenvalue weighted by Gasteiger charge is -2.20. The minimum Gasteiger partial charge on any atom is -0.496 e. The molecule has 0 aromatic heterocycles. The Morgan fingerprint density at radius 2 is 1.52 bits per heavy atom. The van der Waals surface area contributed by atoms with Crippen molar-refractivity contribution < 1.29 is 28.4 Å². The lowest BCUT2D eigenvalue weighted by Crippen LogP contribution is -2.20. The fourth-order valence-corrected chi connectivity index (χ4v) is 5.27. The lowest BCUT2D eigenvalue weighted by molar-refractivity contribution is -0.144. The molecule has 0 radical (unpaired) electrons. The molecule has 6 nitrogen and oxygen atoms in total. The number of carbonyl (C=O) groups excluding carboxylic acids is 2. The summed E-state index contributed by atoms with van der Waals surface area (Å²) in [5.41, 5.74) is -0.491. The number of methoxy groups -OCH3 is 2. The van der Waals surface area contributed by atoms with Gasteiger partial charge in [-0.1, -0.05) is 50.2 Å². The first-order chi connectivity index (χ1) is 13.8. The van der Waals surface area contributed by atoms with Crippen molar-refractivity contribution in [2.75, 3.05) is 27.0 Å². The minimum atomic E-state index is -3.67. The molecule has 0 N–H and O–H groups in total. The van der Waals surface area contributed by atoms with E-state index in [0.717, 1.165) is 0 Å². The van der Waals surface area contributed by atoms with Gasteiger partial charge < -0.3 is 18.8 Å².